The average Bonchev–Trinajstić information content (AvgIpc) is 2.74. The van der Waals surface area contributed by atoms with Gasteiger partial charge >= 0.3 is 18.0 Å². The van der Waals surface area contributed by atoms with Gasteiger partial charge in [-0.2, -0.15) is 0 Å². The summed E-state index contributed by atoms with van der Waals surface area (Å²) in [7, 11) is 0. The second kappa shape index (κ2) is 11.5. The van der Waals surface area contributed by atoms with E-state index in [-0.39, 0.29) is 23.4 Å². The molecule has 0 atom stereocenters. The van der Waals surface area contributed by atoms with Gasteiger partial charge in [0.25, 0.3) is 5.91 Å². The molecular formula is C21H16ClF2N3O7. The highest BCUT2D eigenvalue weighted by molar-refractivity contribution is 6.34. The van der Waals surface area contributed by atoms with E-state index in [1.54, 1.807) is 0 Å². The summed E-state index contributed by atoms with van der Waals surface area (Å²) >= 11 is 5.71. The molecule has 0 aliphatic heterocycles. The molecule has 0 radical (unpaired) electrons. The highest BCUT2D eigenvalue weighted by Crippen LogP contribution is 2.24. The van der Waals surface area contributed by atoms with Crippen LogP contribution in [0.4, 0.5) is 25.0 Å². The third kappa shape index (κ3) is 7.67. The fourth-order valence-corrected chi connectivity index (χ4v) is 2.75. The minimum Gasteiger partial charge on any atom is -0.481 e. The predicted octanol–water partition coefficient (Wildman–Crippen LogP) is 3.48. The maximum atomic E-state index is 13.4. The molecule has 0 aliphatic carbocycles. The first-order valence-electron chi connectivity index (χ1n) is 9.30. The van der Waals surface area contributed by atoms with Crippen LogP contribution in [0.25, 0.3) is 6.08 Å². The highest BCUT2D eigenvalue weighted by atomic mass is 35.5. The zero-order valence-corrected chi connectivity index (χ0v) is 17.8. The van der Waals surface area contributed by atoms with Gasteiger partial charge in [0.05, 0.1) is 22.7 Å². The van der Waals surface area contributed by atoms with Crippen molar-refractivity contribution in [1.29, 1.82) is 0 Å². The fourth-order valence-electron chi connectivity index (χ4n) is 2.51. The summed E-state index contributed by atoms with van der Waals surface area (Å²) in [6.07, 6.45) is 1.17. The molecule has 0 fully saturated rings. The Bertz CT molecular complexity index is 1200. The highest BCUT2D eigenvalue weighted by Gasteiger charge is 2.18. The zero-order valence-electron chi connectivity index (χ0n) is 17.0. The summed E-state index contributed by atoms with van der Waals surface area (Å²) in [4.78, 5) is 57.8. The average molecular weight is 496 g/mol. The third-order valence-electron chi connectivity index (χ3n) is 4.04. The number of hydrogen-bond acceptors (Lipinski definition) is 5. The van der Waals surface area contributed by atoms with Crippen molar-refractivity contribution in [3.63, 3.8) is 0 Å². The van der Waals surface area contributed by atoms with Gasteiger partial charge in [-0.15, -0.1) is 0 Å². The number of anilines is 2. The van der Waals surface area contributed by atoms with Crippen molar-refractivity contribution in [2.45, 2.75) is 12.8 Å². The van der Waals surface area contributed by atoms with E-state index >= 15 is 0 Å². The van der Waals surface area contributed by atoms with Gasteiger partial charge in [-0.25, -0.2) is 18.4 Å². The van der Waals surface area contributed by atoms with Crippen LogP contribution in [0.15, 0.2) is 36.4 Å². The smallest absolute Gasteiger partial charge is 0.328 e. The van der Waals surface area contributed by atoms with Gasteiger partial charge in [-0.3, -0.25) is 19.7 Å². The molecule has 2 rings (SSSR count). The van der Waals surface area contributed by atoms with E-state index in [1.165, 1.54) is 18.2 Å². The van der Waals surface area contributed by atoms with Crippen molar-refractivity contribution in [2.24, 2.45) is 0 Å². The summed E-state index contributed by atoms with van der Waals surface area (Å²) in [5.74, 6) is -6.89. The monoisotopic (exact) mass is 495 g/mol. The number of imide groups is 1. The first-order valence-corrected chi connectivity index (χ1v) is 9.67. The van der Waals surface area contributed by atoms with Gasteiger partial charge in [0.1, 0.15) is 0 Å². The van der Waals surface area contributed by atoms with Crippen LogP contribution in [0, 0.1) is 11.6 Å². The SMILES string of the molecule is O=C(O)/C=C/c1ccc(NC(=O)CCC(=O)O)cc1NC(=O)NC(=O)c1cc(F)c(F)cc1Cl. The number of amides is 4. The maximum Gasteiger partial charge on any atom is 0.328 e. The Morgan fingerprint density at radius 2 is 1.62 bits per heavy atom. The molecule has 2 aromatic rings. The molecule has 0 aliphatic rings. The number of rotatable bonds is 8. The molecule has 0 saturated carbocycles. The number of aliphatic carboxylic acids is 2. The first kappa shape index (κ1) is 25.9. The topological polar surface area (TPSA) is 162 Å². The summed E-state index contributed by atoms with van der Waals surface area (Å²) < 4.78 is 26.6. The number of benzene rings is 2. The van der Waals surface area contributed by atoms with E-state index in [1.807, 2.05) is 5.32 Å². The van der Waals surface area contributed by atoms with Gasteiger partial charge in [0.2, 0.25) is 5.91 Å². The second-order valence-electron chi connectivity index (χ2n) is 6.57. The molecule has 10 nitrogen and oxygen atoms in total. The number of carbonyl (C=O) groups is 5. The summed E-state index contributed by atoms with van der Waals surface area (Å²) in [5.41, 5.74) is -0.260. The molecule has 0 unspecified atom stereocenters. The molecule has 13 heteroatoms. The lowest BCUT2D eigenvalue weighted by Gasteiger charge is -2.13. The lowest BCUT2D eigenvalue weighted by atomic mass is 10.1. The van der Waals surface area contributed by atoms with Gasteiger partial charge in [0.15, 0.2) is 11.6 Å². The molecule has 34 heavy (non-hydrogen) atoms. The minimum absolute atomic E-state index is 0.0461. The normalized spacial score (nSPS) is 10.6. The molecule has 178 valence electrons. The Morgan fingerprint density at radius 3 is 2.26 bits per heavy atom. The number of carboxylic acids is 2. The van der Waals surface area contributed by atoms with Gasteiger partial charge in [-0.05, 0) is 35.9 Å². The molecule has 0 spiro atoms. The molecule has 0 heterocycles. The number of halogens is 3. The van der Waals surface area contributed by atoms with Crippen LogP contribution in [0.2, 0.25) is 5.02 Å². The third-order valence-corrected chi connectivity index (χ3v) is 4.35. The Hall–Kier alpha value is -4.32. The first-order chi connectivity index (χ1) is 16.0. The number of urea groups is 1. The Morgan fingerprint density at radius 1 is 0.941 bits per heavy atom. The molecule has 2 aromatic carbocycles. The quantitative estimate of drug-likeness (QED) is 0.276. The molecular weight excluding hydrogens is 480 g/mol. The molecule has 4 amide bonds. The predicted molar refractivity (Wildman–Crippen MR) is 116 cm³/mol. The van der Waals surface area contributed by atoms with E-state index < -0.39 is 58.4 Å². The van der Waals surface area contributed by atoms with Crippen LogP contribution in [-0.4, -0.2) is 40.0 Å². The van der Waals surface area contributed by atoms with E-state index in [0.29, 0.717) is 12.1 Å². The Labute approximate surface area is 195 Å². The van der Waals surface area contributed by atoms with E-state index in [9.17, 15) is 32.8 Å². The van der Waals surface area contributed by atoms with Crippen molar-refractivity contribution in [1.82, 2.24) is 5.32 Å². The van der Waals surface area contributed by atoms with Crippen LogP contribution in [0.5, 0.6) is 0 Å². The number of carbonyl (C=O) groups excluding carboxylic acids is 3. The van der Waals surface area contributed by atoms with Gasteiger partial charge in [0, 0.05) is 18.2 Å². The zero-order chi connectivity index (χ0) is 25.4. The summed E-state index contributed by atoms with van der Waals surface area (Å²) in [5, 5.41) is 23.6. The van der Waals surface area contributed by atoms with Crippen molar-refractivity contribution in [2.75, 3.05) is 10.6 Å². The van der Waals surface area contributed by atoms with Crippen LogP contribution < -0.4 is 16.0 Å². The Balaban J connectivity index is 2.22. The largest absolute Gasteiger partial charge is 0.481 e. The maximum absolute atomic E-state index is 13.4. The molecule has 0 bridgehead atoms. The van der Waals surface area contributed by atoms with E-state index in [0.717, 1.165) is 12.2 Å². The number of hydrogen-bond donors (Lipinski definition) is 5. The van der Waals surface area contributed by atoms with Gasteiger partial charge in [-0.1, -0.05) is 17.7 Å². The van der Waals surface area contributed by atoms with Crippen LogP contribution >= 0.6 is 11.6 Å². The lowest BCUT2D eigenvalue weighted by molar-refractivity contribution is -0.138. The molecule has 5 N–H and O–H groups in total. The minimum atomic E-state index is -1.36. The Kier molecular flexibility index (Phi) is 8.79. The fraction of sp³-hybridized carbons (Fsp3) is 0.0952. The van der Waals surface area contributed by atoms with Crippen LogP contribution in [-0.2, 0) is 14.4 Å². The standard InChI is InChI=1S/C21H16ClF2N3O7/c22-13-9-15(24)14(23)8-12(13)20(33)27-21(34)26-16-7-11(25-17(28)4-6-19(31)32)3-1-10(16)2-5-18(29)30/h1-3,5,7-9H,4,6H2,(H,25,28)(H,29,30)(H,31,32)(H2,26,27,33,34)/b5-2+. The molecule has 0 saturated heterocycles. The number of carboxylic acid groups (broad SMARTS) is 2. The lowest BCUT2D eigenvalue weighted by Crippen LogP contribution is -2.34. The second-order valence-corrected chi connectivity index (χ2v) is 6.98. The van der Waals surface area contributed by atoms with E-state index in [2.05, 4.69) is 10.6 Å². The molecule has 0 aromatic heterocycles. The summed E-state index contributed by atoms with van der Waals surface area (Å²) in [6, 6.07) is 3.88. The van der Waals surface area contributed by atoms with Crippen LogP contribution in [0.1, 0.15) is 28.8 Å². The van der Waals surface area contributed by atoms with E-state index in [4.69, 9.17) is 21.8 Å². The summed E-state index contributed by atoms with van der Waals surface area (Å²) in [6.45, 7) is 0. The van der Waals surface area contributed by atoms with Crippen molar-refractivity contribution < 1.29 is 43.0 Å². The van der Waals surface area contributed by atoms with Crippen molar-refractivity contribution in [3.05, 3.63) is 64.2 Å². The van der Waals surface area contributed by atoms with Gasteiger partial charge < -0.3 is 20.8 Å². The van der Waals surface area contributed by atoms with Crippen molar-refractivity contribution in [3.8, 4) is 0 Å². The number of nitrogens with one attached hydrogen (secondary N) is 3. The van der Waals surface area contributed by atoms with Crippen LogP contribution in [0.3, 0.4) is 0 Å². The van der Waals surface area contributed by atoms with Crippen molar-refractivity contribution >= 4 is 58.8 Å².